The first-order valence-corrected chi connectivity index (χ1v) is 7.05. The van der Waals surface area contributed by atoms with Crippen LogP contribution in [0.3, 0.4) is 0 Å². The van der Waals surface area contributed by atoms with Gasteiger partial charge in [-0.25, -0.2) is 0 Å². The van der Waals surface area contributed by atoms with E-state index < -0.39 is 0 Å². The Morgan fingerprint density at radius 1 is 1.44 bits per heavy atom. The van der Waals surface area contributed by atoms with Gasteiger partial charge in [0.1, 0.15) is 5.84 Å². The number of nitrogens with zero attached hydrogens (tertiary/aromatic N) is 2. The van der Waals surface area contributed by atoms with Gasteiger partial charge in [0.05, 0.1) is 0 Å². The monoisotopic (exact) mass is 247 g/mol. The fourth-order valence-electron chi connectivity index (χ4n) is 1.45. The van der Waals surface area contributed by atoms with Crippen molar-refractivity contribution < 1.29 is 5.21 Å². The van der Waals surface area contributed by atoms with Crippen LogP contribution in [0.5, 0.6) is 0 Å². The SMILES string of the molecule is CCSCCCN(CCC(N)=NO)C(C)C. The molecular formula is C11H25N3OS. The van der Waals surface area contributed by atoms with E-state index in [4.69, 9.17) is 10.9 Å². The second kappa shape index (κ2) is 9.78. The third-order valence-electron chi connectivity index (χ3n) is 2.45. The minimum atomic E-state index is 0.314. The normalized spacial score (nSPS) is 12.7. The Balaban J connectivity index is 3.80. The lowest BCUT2D eigenvalue weighted by molar-refractivity contribution is 0.227. The van der Waals surface area contributed by atoms with Crippen molar-refractivity contribution in [3.8, 4) is 0 Å². The molecule has 0 radical (unpaired) electrons. The van der Waals surface area contributed by atoms with Crippen LogP contribution in [0.1, 0.15) is 33.6 Å². The molecule has 0 amide bonds. The van der Waals surface area contributed by atoms with E-state index in [0.717, 1.165) is 13.1 Å². The van der Waals surface area contributed by atoms with Gasteiger partial charge in [-0.15, -0.1) is 0 Å². The minimum absolute atomic E-state index is 0.314. The highest BCUT2D eigenvalue weighted by atomic mass is 32.2. The van der Waals surface area contributed by atoms with Gasteiger partial charge in [-0.3, -0.25) is 0 Å². The molecule has 3 N–H and O–H groups in total. The van der Waals surface area contributed by atoms with Crippen molar-refractivity contribution in [2.45, 2.75) is 39.7 Å². The van der Waals surface area contributed by atoms with Gasteiger partial charge in [0.25, 0.3) is 0 Å². The van der Waals surface area contributed by atoms with Crippen LogP contribution in [0.25, 0.3) is 0 Å². The van der Waals surface area contributed by atoms with Crippen LogP contribution in [0.4, 0.5) is 0 Å². The van der Waals surface area contributed by atoms with Gasteiger partial charge in [-0.2, -0.15) is 11.8 Å². The van der Waals surface area contributed by atoms with Crippen molar-refractivity contribution in [3.63, 3.8) is 0 Å². The molecule has 0 bridgehead atoms. The summed E-state index contributed by atoms with van der Waals surface area (Å²) in [6.45, 7) is 8.50. The highest BCUT2D eigenvalue weighted by Crippen LogP contribution is 2.06. The van der Waals surface area contributed by atoms with E-state index in [-0.39, 0.29) is 0 Å². The Kier molecular flexibility index (Phi) is 9.52. The van der Waals surface area contributed by atoms with E-state index in [1.807, 2.05) is 11.8 Å². The minimum Gasteiger partial charge on any atom is -0.409 e. The van der Waals surface area contributed by atoms with Crippen LogP contribution in [0, 0.1) is 0 Å². The number of nitrogens with two attached hydrogens (primary N) is 1. The zero-order chi connectivity index (χ0) is 12.4. The average Bonchev–Trinajstić information content (AvgIpc) is 2.27. The molecule has 0 heterocycles. The maximum atomic E-state index is 8.47. The molecule has 0 rings (SSSR count). The zero-order valence-corrected chi connectivity index (χ0v) is 11.5. The van der Waals surface area contributed by atoms with Crippen LogP contribution in [0.2, 0.25) is 0 Å². The maximum absolute atomic E-state index is 8.47. The van der Waals surface area contributed by atoms with Crippen molar-refractivity contribution in [1.82, 2.24) is 4.90 Å². The van der Waals surface area contributed by atoms with Gasteiger partial charge in [0.2, 0.25) is 0 Å². The van der Waals surface area contributed by atoms with Crippen LogP contribution in [-0.2, 0) is 0 Å². The van der Waals surface area contributed by atoms with E-state index in [1.54, 1.807) is 0 Å². The summed E-state index contributed by atoms with van der Waals surface area (Å²) >= 11 is 1.98. The molecule has 0 aliphatic rings. The smallest absolute Gasteiger partial charge is 0.140 e. The number of hydrogen-bond donors (Lipinski definition) is 2. The fourth-order valence-corrected chi connectivity index (χ4v) is 2.07. The summed E-state index contributed by atoms with van der Waals surface area (Å²) in [6.07, 6.45) is 1.84. The molecule has 0 aromatic heterocycles. The van der Waals surface area contributed by atoms with Gasteiger partial charge in [0.15, 0.2) is 0 Å². The molecule has 0 fully saturated rings. The number of rotatable bonds is 9. The van der Waals surface area contributed by atoms with Crippen molar-refractivity contribution in [1.29, 1.82) is 0 Å². The fraction of sp³-hybridized carbons (Fsp3) is 0.909. The molecule has 0 spiro atoms. The molecular weight excluding hydrogens is 222 g/mol. The van der Waals surface area contributed by atoms with Crippen molar-refractivity contribution >= 4 is 17.6 Å². The van der Waals surface area contributed by atoms with Crippen LogP contribution in [-0.4, -0.2) is 46.6 Å². The summed E-state index contributed by atoms with van der Waals surface area (Å²) in [6, 6.07) is 0.512. The lowest BCUT2D eigenvalue weighted by atomic mass is 10.2. The van der Waals surface area contributed by atoms with Crippen LogP contribution >= 0.6 is 11.8 Å². The first kappa shape index (κ1) is 15.6. The van der Waals surface area contributed by atoms with Crippen LogP contribution in [0.15, 0.2) is 5.16 Å². The molecule has 0 aromatic rings. The predicted octanol–water partition coefficient (Wildman–Crippen LogP) is 1.98. The zero-order valence-electron chi connectivity index (χ0n) is 10.6. The molecule has 0 aromatic carbocycles. The number of hydrogen-bond acceptors (Lipinski definition) is 4. The second-order valence-corrected chi connectivity index (χ2v) is 5.42. The molecule has 0 unspecified atom stereocenters. The third kappa shape index (κ3) is 7.82. The largest absolute Gasteiger partial charge is 0.409 e. The van der Waals surface area contributed by atoms with Crippen molar-refractivity contribution in [2.24, 2.45) is 10.9 Å². The van der Waals surface area contributed by atoms with E-state index in [9.17, 15) is 0 Å². The Morgan fingerprint density at radius 3 is 2.62 bits per heavy atom. The van der Waals surface area contributed by atoms with E-state index >= 15 is 0 Å². The van der Waals surface area contributed by atoms with Gasteiger partial charge < -0.3 is 15.8 Å². The highest BCUT2D eigenvalue weighted by molar-refractivity contribution is 7.99. The lowest BCUT2D eigenvalue weighted by Crippen LogP contribution is -2.35. The first-order chi connectivity index (χ1) is 7.61. The molecule has 16 heavy (non-hydrogen) atoms. The lowest BCUT2D eigenvalue weighted by Gasteiger charge is -2.26. The van der Waals surface area contributed by atoms with Gasteiger partial charge >= 0.3 is 0 Å². The molecule has 96 valence electrons. The number of amidine groups is 1. The quantitative estimate of drug-likeness (QED) is 0.215. The summed E-state index contributed by atoms with van der Waals surface area (Å²) < 4.78 is 0. The van der Waals surface area contributed by atoms with Gasteiger partial charge in [-0.1, -0.05) is 12.1 Å². The molecule has 0 atom stereocenters. The highest BCUT2D eigenvalue weighted by Gasteiger charge is 2.09. The second-order valence-electron chi connectivity index (χ2n) is 4.02. The van der Waals surface area contributed by atoms with E-state index in [2.05, 4.69) is 30.8 Å². The molecule has 5 heteroatoms. The third-order valence-corrected chi connectivity index (χ3v) is 3.44. The number of oxime groups is 1. The van der Waals surface area contributed by atoms with Crippen molar-refractivity contribution in [3.05, 3.63) is 0 Å². The summed E-state index contributed by atoms with van der Waals surface area (Å²) in [5, 5.41) is 11.5. The maximum Gasteiger partial charge on any atom is 0.140 e. The molecule has 0 aliphatic carbocycles. The van der Waals surface area contributed by atoms with E-state index in [1.165, 1.54) is 17.9 Å². The molecule has 0 aliphatic heterocycles. The molecule has 4 nitrogen and oxygen atoms in total. The summed E-state index contributed by atoms with van der Waals surface area (Å²) in [4.78, 5) is 2.37. The molecule has 0 saturated carbocycles. The van der Waals surface area contributed by atoms with Gasteiger partial charge in [0, 0.05) is 19.0 Å². The molecule has 0 saturated heterocycles. The predicted molar refractivity (Wildman–Crippen MR) is 72.4 cm³/mol. The Labute approximate surface area is 103 Å². The van der Waals surface area contributed by atoms with Crippen LogP contribution < -0.4 is 5.73 Å². The average molecular weight is 247 g/mol. The van der Waals surface area contributed by atoms with Gasteiger partial charge in [-0.05, 0) is 38.3 Å². The Morgan fingerprint density at radius 2 is 2.12 bits per heavy atom. The Hall–Kier alpha value is -0.420. The number of thioether (sulfide) groups is 1. The summed E-state index contributed by atoms with van der Waals surface area (Å²) in [5.41, 5.74) is 5.47. The topological polar surface area (TPSA) is 61.8 Å². The summed E-state index contributed by atoms with van der Waals surface area (Å²) in [5.74, 6) is 2.71. The standard InChI is InChI=1S/C11H25N3OS/c1-4-16-9-5-7-14(10(2)3)8-6-11(12)13-15/h10,15H,4-9H2,1-3H3,(H2,12,13). The summed E-state index contributed by atoms with van der Waals surface area (Å²) in [7, 11) is 0. The van der Waals surface area contributed by atoms with E-state index in [0.29, 0.717) is 18.3 Å². The first-order valence-electron chi connectivity index (χ1n) is 5.90. The van der Waals surface area contributed by atoms with Crippen molar-refractivity contribution in [2.75, 3.05) is 24.6 Å². The Bertz CT molecular complexity index is 198.